The molecule has 1 fully saturated rings. The highest BCUT2D eigenvalue weighted by Crippen LogP contribution is 2.36. The predicted octanol–water partition coefficient (Wildman–Crippen LogP) is 3.79. The number of H-pyrrole nitrogens is 1. The Morgan fingerprint density at radius 2 is 1.81 bits per heavy atom. The smallest absolute Gasteiger partial charge is 0.227 e. The quantitative estimate of drug-likeness (QED) is 0.436. The van der Waals surface area contributed by atoms with Crippen molar-refractivity contribution in [2.24, 2.45) is 5.92 Å². The lowest BCUT2D eigenvalue weighted by Gasteiger charge is -2.22. The SMILES string of the molecule is O=C(N[C@H](Cc1ccccc1)c1nc2ccccc2[nH]1)[C@H]1CC(=O)N(c2ccc3c(c2)OCCO3)C1. The van der Waals surface area contributed by atoms with Crippen LogP contribution in [-0.2, 0) is 16.0 Å². The summed E-state index contributed by atoms with van der Waals surface area (Å²) in [4.78, 5) is 36.0. The van der Waals surface area contributed by atoms with Gasteiger partial charge in [-0.2, -0.15) is 0 Å². The zero-order valence-corrected chi connectivity index (χ0v) is 19.6. The van der Waals surface area contributed by atoms with Crippen LogP contribution in [0.25, 0.3) is 11.0 Å². The van der Waals surface area contributed by atoms with Gasteiger partial charge >= 0.3 is 0 Å². The highest BCUT2D eigenvalue weighted by molar-refractivity contribution is 6.00. The molecule has 2 aliphatic heterocycles. The van der Waals surface area contributed by atoms with Gasteiger partial charge in [0.1, 0.15) is 19.0 Å². The van der Waals surface area contributed by atoms with Gasteiger partial charge in [0.25, 0.3) is 0 Å². The molecule has 1 saturated heterocycles. The van der Waals surface area contributed by atoms with Gasteiger partial charge in [-0.1, -0.05) is 42.5 Å². The Morgan fingerprint density at radius 3 is 2.64 bits per heavy atom. The van der Waals surface area contributed by atoms with Crippen molar-refractivity contribution in [3.63, 3.8) is 0 Å². The molecule has 36 heavy (non-hydrogen) atoms. The zero-order chi connectivity index (χ0) is 24.5. The fraction of sp³-hybridized carbons (Fsp3) is 0.250. The number of ether oxygens (including phenoxy) is 2. The first-order chi connectivity index (χ1) is 17.6. The van der Waals surface area contributed by atoms with E-state index in [1.54, 1.807) is 11.0 Å². The lowest BCUT2D eigenvalue weighted by atomic mass is 10.0. The van der Waals surface area contributed by atoms with E-state index in [0.717, 1.165) is 16.6 Å². The molecule has 2 amide bonds. The van der Waals surface area contributed by atoms with E-state index in [9.17, 15) is 9.59 Å². The van der Waals surface area contributed by atoms with E-state index in [4.69, 9.17) is 14.5 Å². The molecule has 0 radical (unpaired) electrons. The van der Waals surface area contributed by atoms with E-state index < -0.39 is 5.92 Å². The monoisotopic (exact) mass is 482 g/mol. The van der Waals surface area contributed by atoms with E-state index in [0.29, 0.717) is 49.2 Å². The summed E-state index contributed by atoms with van der Waals surface area (Å²) in [6.07, 6.45) is 0.734. The fourth-order valence-corrected chi connectivity index (χ4v) is 4.83. The minimum atomic E-state index is -0.464. The summed E-state index contributed by atoms with van der Waals surface area (Å²) < 4.78 is 11.2. The maximum absolute atomic E-state index is 13.4. The van der Waals surface area contributed by atoms with Crippen LogP contribution in [0.15, 0.2) is 72.8 Å². The van der Waals surface area contributed by atoms with Crippen molar-refractivity contribution >= 4 is 28.5 Å². The van der Waals surface area contributed by atoms with Crippen LogP contribution in [0, 0.1) is 5.92 Å². The molecule has 0 spiro atoms. The Kier molecular flexibility index (Phi) is 5.77. The number of aromatic nitrogens is 2. The summed E-state index contributed by atoms with van der Waals surface area (Å²) in [7, 11) is 0. The van der Waals surface area contributed by atoms with E-state index >= 15 is 0 Å². The predicted molar refractivity (Wildman–Crippen MR) is 135 cm³/mol. The maximum Gasteiger partial charge on any atom is 0.227 e. The fourth-order valence-electron chi connectivity index (χ4n) is 4.83. The van der Waals surface area contributed by atoms with Crippen LogP contribution in [0.4, 0.5) is 5.69 Å². The van der Waals surface area contributed by atoms with Crippen molar-refractivity contribution in [1.82, 2.24) is 15.3 Å². The van der Waals surface area contributed by atoms with E-state index in [1.807, 2.05) is 66.7 Å². The summed E-state index contributed by atoms with van der Waals surface area (Å²) >= 11 is 0. The van der Waals surface area contributed by atoms with E-state index in [1.165, 1.54) is 0 Å². The number of aromatic amines is 1. The van der Waals surface area contributed by atoms with Crippen LogP contribution in [0.2, 0.25) is 0 Å². The second-order valence-electron chi connectivity index (χ2n) is 9.12. The molecule has 0 unspecified atom stereocenters. The Labute approximate surface area is 208 Å². The number of nitrogens with one attached hydrogen (secondary N) is 2. The first-order valence-corrected chi connectivity index (χ1v) is 12.1. The summed E-state index contributed by atoms with van der Waals surface area (Å²) in [5, 5.41) is 3.17. The Bertz CT molecular complexity index is 1380. The van der Waals surface area contributed by atoms with Crippen LogP contribution in [0.1, 0.15) is 23.9 Å². The Hall–Kier alpha value is -4.33. The molecule has 1 aromatic heterocycles. The normalized spacial score (nSPS) is 17.8. The van der Waals surface area contributed by atoms with Crippen molar-refractivity contribution in [2.75, 3.05) is 24.7 Å². The molecule has 2 aliphatic rings. The topological polar surface area (TPSA) is 96.5 Å². The number of nitrogens with zero attached hydrogens (tertiary/aromatic N) is 2. The Morgan fingerprint density at radius 1 is 1.03 bits per heavy atom. The van der Waals surface area contributed by atoms with Crippen LogP contribution in [0.5, 0.6) is 11.5 Å². The lowest BCUT2D eigenvalue weighted by Crippen LogP contribution is -2.37. The van der Waals surface area contributed by atoms with E-state index in [-0.39, 0.29) is 24.3 Å². The molecule has 3 heterocycles. The van der Waals surface area contributed by atoms with Crippen LogP contribution in [-0.4, -0.2) is 41.5 Å². The van der Waals surface area contributed by atoms with Gasteiger partial charge in [0.2, 0.25) is 11.8 Å². The third-order valence-electron chi connectivity index (χ3n) is 6.67. The van der Waals surface area contributed by atoms with E-state index in [2.05, 4.69) is 10.3 Å². The second-order valence-corrected chi connectivity index (χ2v) is 9.12. The highest BCUT2D eigenvalue weighted by atomic mass is 16.6. The molecule has 8 heteroatoms. The molecule has 4 aromatic rings. The van der Waals surface area contributed by atoms with Gasteiger partial charge in [-0.3, -0.25) is 9.59 Å². The van der Waals surface area contributed by atoms with Crippen molar-refractivity contribution in [3.05, 3.63) is 84.2 Å². The van der Waals surface area contributed by atoms with Crippen molar-refractivity contribution in [3.8, 4) is 11.5 Å². The van der Waals surface area contributed by atoms with Crippen LogP contribution >= 0.6 is 0 Å². The number of carbonyl (C=O) groups is 2. The van der Waals surface area contributed by atoms with Crippen LogP contribution in [0.3, 0.4) is 0 Å². The largest absolute Gasteiger partial charge is 0.486 e. The van der Waals surface area contributed by atoms with Crippen molar-refractivity contribution in [1.29, 1.82) is 0 Å². The van der Waals surface area contributed by atoms with Crippen molar-refractivity contribution < 1.29 is 19.1 Å². The van der Waals surface area contributed by atoms with Gasteiger partial charge in [-0.25, -0.2) is 4.98 Å². The number of hydrogen-bond donors (Lipinski definition) is 2. The van der Waals surface area contributed by atoms with Gasteiger partial charge in [0.15, 0.2) is 11.5 Å². The first kappa shape index (κ1) is 22.2. The number of benzene rings is 3. The summed E-state index contributed by atoms with van der Waals surface area (Å²) in [5.74, 6) is 1.27. The first-order valence-electron chi connectivity index (χ1n) is 12.1. The minimum Gasteiger partial charge on any atom is -0.486 e. The number of hydrogen-bond acceptors (Lipinski definition) is 5. The third-order valence-corrected chi connectivity index (χ3v) is 6.67. The minimum absolute atomic E-state index is 0.0878. The molecule has 3 aromatic carbocycles. The number of imidazole rings is 1. The molecular formula is C28H26N4O4. The van der Waals surface area contributed by atoms with Gasteiger partial charge < -0.3 is 24.7 Å². The summed E-state index contributed by atoms with van der Waals surface area (Å²) in [6.45, 7) is 1.29. The number of amides is 2. The summed E-state index contributed by atoms with van der Waals surface area (Å²) in [5.41, 5.74) is 3.56. The Balaban J connectivity index is 1.21. The molecule has 0 saturated carbocycles. The standard InChI is InChI=1S/C28H26N4O4/c33-26-15-19(17-32(26)20-10-11-24-25(16-20)36-13-12-35-24)28(34)31-23(14-18-6-2-1-3-7-18)27-29-21-8-4-5-9-22(21)30-27/h1-11,16,19,23H,12-15,17H2,(H,29,30)(H,31,34)/t19-,23+/m0/s1. The maximum atomic E-state index is 13.4. The van der Waals surface area contributed by atoms with Gasteiger partial charge in [0.05, 0.1) is 23.0 Å². The third kappa shape index (κ3) is 4.37. The molecular weight excluding hydrogens is 456 g/mol. The second kappa shape index (κ2) is 9.37. The number of fused-ring (bicyclic) bond motifs is 2. The molecule has 2 N–H and O–H groups in total. The molecule has 0 aliphatic carbocycles. The van der Waals surface area contributed by atoms with Crippen LogP contribution < -0.4 is 19.7 Å². The number of para-hydroxylation sites is 2. The number of carbonyl (C=O) groups excluding carboxylic acids is 2. The number of rotatable bonds is 6. The molecule has 8 nitrogen and oxygen atoms in total. The average molecular weight is 483 g/mol. The highest BCUT2D eigenvalue weighted by Gasteiger charge is 2.36. The molecule has 6 rings (SSSR count). The summed E-state index contributed by atoms with van der Waals surface area (Å²) in [6, 6.07) is 22.9. The molecule has 0 bridgehead atoms. The molecule has 182 valence electrons. The van der Waals surface area contributed by atoms with Gasteiger partial charge in [-0.05, 0) is 36.2 Å². The van der Waals surface area contributed by atoms with Gasteiger partial charge in [0, 0.05) is 24.7 Å². The average Bonchev–Trinajstić information content (AvgIpc) is 3.52. The van der Waals surface area contributed by atoms with Crippen molar-refractivity contribution in [2.45, 2.75) is 18.9 Å². The lowest BCUT2D eigenvalue weighted by molar-refractivity contribution is -0.127. The number of anilines is 1. The van der Waals surface area contributed by atoms with Gasteiger partial charge in [-0.15, -0.1) is 0 Å². The zero-order valence-electron chi connectivity index (χ0n) is 19.6. The molecule has 2 atom stereocenters.